The number of ether oxygens (including phenoxy) is 1. The van der Waals surface area contributed by atoms with Crippen LogP contribution < -0.4 is 10.0 Å². The molecule has 0 aliphatic rings. The van der Waals surface area contributed by atoms with E-state index in [9.17, 15) is 13.2 Å². The summed E-state index contributed by atoms with van der Waals surface area (Å²) in [4.78, 5) is 12.0. The van der Waals surface area contributed by atoms with Gasteiger partial charge in [-0.25, -0.2) is 8.42 Å². The minimum absolute atomic E-state index is 0.0499. The molecule has 0 heterocycles. The maximum atomic E-state index is 12.5. The van der Waals surface area contributed by atoms with E-state index >= 15 is 0 Å². The molecule has 9 heteroatoms. The number of benzene rings is 2. The molecule has 0 saturated heterocycles. The van der Waals surface area contributed by atoms with Crippen molar-refractivity contribution in [3.8, 4) is 0 Å². The molecule has 0 spiro atoms. The van der Waals surface area contributed by atoms with Crippen LogP contribution in [0.15, 0.2) is 47.4 Å². The minimum Gasteiger partial charge on any atom is -0.385 e. The van der Waals surface area contributed by atoms with E-state index in [4.69, 9.17) is 27.9 Å². The first-order chi connectivity index (χ1) is 12.3. The van der Waals surface area contributed by atoms with Crippen LogP contribution in [-0.2, 0) is 14.8 Å². The number of nitrogens with one attached hydrogen (secondary N) is 2. The number of carbonyl (C=O) groups excluding carboxylic acids is 1. The predicted molar refractivity (Wildman–Crippen MR) is 103 cm³/mol. The van der Waals surface area contributed by atoms with Crippen molar-refractivity contribution in [3.63, 3.8) is 0 Å². The Hall–Kier alpha value is -1.80. The number of rotatable bonds is 8. The van der Waals surface area contributed by atoms with E-state index in [1.54, 1.807) is 19.2 Å². The number of hydrogen-bond donors (Lipinski definition) is 2. The molecule has 0 bridgehead atoms. The van der Waals surface area contributed by atoms with Gasteiger partial charge in [-0.3, -0.25) is 9.52 Å². The van der Waals surface area contributed by atoms with E-state index in [2.05, 4.69) is 10.0 Å². The second-order valence-corrected chi connectivity index (χ2v) is 7.86. The molecule has 140 valence electrons. The molecule has 0 aromatic heterocycles. The number of methoxy groups -OCH3 is 1. The Morgan fingerprint density at radius 2 is 1.92 bits per heavy atom. The maximum absolute atomic E-state index is 12.5. The highest BCUT2D eigenvalue weighted by molar-refractivity contribution is 7.92. The molecule has 2 rings (SSSR count). The predicted octanol–water partition coefficient (Wildman–Crippen LogP) is 3.56. The lowest BCUT2D eigenvalue weighted by atomic mass is 10.2. The van der Waals surface area contributed by atoms with Crippen molar-refractivity contribution < 1.29 is 17.9 Å². The zero-order chi connectivity index (χ0) is 19.2. The number of anilines is 1. The highest BCUT2D eigenvalue weighted by Gasteiger charge is 2.19. The van der Waals surface area contributed by atoms with Crippen molar-refractivity contribution in [2.75, 3.05) is 25.0 Å². The lowest BCUT2D eigenvalue weighted by Gasteiger charge is -2.11. The molecule has 2 N–H and O–H groups in total. The molecule has 2 aromatic carbocycles. The van der Waals surface area contributed by atoms with E-state index in [0.717, 1.165) is 0 Å². The van der Waals surface area contributed by atoms with Gasteiger partial charge in [-0.15, -0.1) is 0 Å². The van der Waals surface area contributed by atoms with Crippen LogP contribution in [0.2, 0.25) is 10.0 Å². The maximum Gasteiger partial charge on any atom is 0.263 e. The summed E-state index contributed by atoms with van der Waals surface area (Å²) in [5.74, 6) is -0.303. The van der Waals surface area contributed by atoms with Gasteiger partial charge in [0.25, 0.3) is 15.9 Å². The van der Waals surface area contributed by atoms with Crippen molar-refractivity contribution in [1.82, 2.24) is 5.32 Å². The van der Waals surface area contributed by atoms with Gasteiger partial charge in [0.05, 0.1) is 5.02 Å². The Labute approximate surface area is 162 Å². The summed E-state index contributed by atoms with van der Waals surface area (Å²) in [6.45, 7) is 1.00. The fourth-order valence-corrected chi connectivity index (χ4v) is 3.95. The van der Waals surface area contributed by atoms with Crippen LogP contribution in [-0.4, -0.2) is 34.6 Å². The van der Waals surface area contributed by atoms with Gasteiger partial charge in [-0.1, -0.05) is 29.3 Å². The van der Waals surface area contributed by atoms with Gasteiger partial charge in [0.2, 0.25) is 0 Å². The minimum atomic E-state index is -3.95. The molecular weight excluding hydrogens is 399 g/mol. The molecule has 6 nitrogen and oxygen atoms in total. The summed E-state index contributed by atoms with van der Waals surface area (Å²) in [6.07, 6.45) is 0.682. The van der Waals surface area contributed by atoms with Crippen LogP contribution in [0.5, 0.6) is 0 Å². The Bertz CT molecular complexity index is 888. The summed E-state index contributed by atoms with van der Waals surface area (Å²) < 4.78 is 32.4. The Morgan fingerprint density at radius 3 is 2.65 bits per heavy atom. The molecule has 0 unspecified atom stereocenters. The first-order valence-electron chi connectivity index (χ1n) is 7.68. The van der Waals surface area contributed by atoms with E-state index < -0.39 is 10.0 Å². The third kappa shape index (κ3) is 5.60. The third-order valence-electron chi connectivity index (χ3n) is 3.37. The summed E-state index contributed by atoms with van der Waals surface area (Å²) in [5, 5.41) is 3.04. The number of sulfonamides is 1. The van der Waals surface area contributed by atoms with Gasteiger partial charge in [-0.2, -0.15) is 0 Å². The monoisotopic (exact) mass is 416 g/mol. The SMILES string of the molecule is COCCCNC(=O)c1cccc(NS(=O)(=O)c2cc(Cl)ccc2Cl)c1. The van der Waals surface area contributed by atoms with E-state index in [1.807, 2.05) is 0 Å². The molecule has 26 heavy (non-hydrogen) atoms. The van der Waals surface area contributed by atoms with Gasteiger partial charge in [0.1, 0.15) is 4.90 Å². The van der Waals surface area contributed by atoms with E-state index in [0.29, 0.717) is 25.1 Å². The van der Waals surface area contributed by atoms with Crippen LogP contribution in [0.25, 0.3) is 0 Å². The second-order valence-electron chi connectivity index (χ2n) is 5.36. The van der Waals surface area contributed by atoms with Crippen molar-refractivity contribution >= 4 is 44.8 Å². The standard InChI is InChI=1S/C17H18Cl2N2O4S/c1-25-9-3-8-20-17(22)12-4-2-5-14(10-12)21-26(23,24)16-11-13(18)6-7-15(16)19/h2,4-7,10-11,21H,3,8-9H2,1H3,(H,20,22). The van der Waals surface area contributed by atoms with Gasteiger partial charge < -0.3 is 10.1 Å². The number of hydrogen-bond acceptors (Lipinski definition) is 4. The summed E-state index contributed by atoms with van der Waals surface area (Å²) >= 11 is 11.8. The van der Waals surface area contributed by atoms with Gasteiger partial charge in [0.15, 0.2) is 0 Å². The summed E-state index contributed by atoms with van der Waals surface area (Å²) in [6, 6.07) is 10.3. The molecule has 1 amide bonds. The highest BCUT2D eigenvalue weighted by Crippen LogP contribution is 2.27. The van der Waals surface area contributed by atoms with Crippen LogP contribution in [0.1, 0.15) is 16.8 Å². The average Bonchev–Trinajstić information content (AvgIpc) is 2.60. The first-order valence-corrected chi connectivity index (χ1v) is 9.92. The van der Waals surface area contributed by atoms with Gasteiger partial charge in [0, 0.05) is 36.5 Å². The fraction of sp³-hybridized carbons (Fsp3) is 0.235. The van der Waals surface area contributed by atoms with Crippen LogP contribution in [0.3, 0.4) is 0 Å². The number of amides is 1. The topological polar surface area (TPSA) is 84.5 Å². The lowest BCUT2D eigenvalue weighted by Crippen LogP contribution is -2.25. The molecule has 0 aliphatic heterocycles. The van der Waals surface area contributed by atoms with Crippen molar-refractivity contribution in [2.24, 2.45) is 0 Å². The molecule has 0 atom stereocenters. The Kier molecular flexibility index (Phi) is 7.28. The zero-order valence-corrected chi connectivity index (χ0v) is 16.3. The van der Waals surface area contributed by atoms with Crippen molar-refractivity contribution in [2.45, 2.75) is 11.3 Å². The van der Waals surface area contributed by atoms with Crippen LogP contribution in [0.4, 0.5) is 5.69 Å². The normalized spacial score (nSPS) is 11.2. The smallest absolute Gasteiger partial charge is 0.263 e. The van der Waals surface area contributed by atoms with E-state index in [-0.39, 0.29) is 26.5 Å². The number of carbonyl (C=O) groups is 1. The average molecular weight is 417 g/mol. The van der Waals surface area contributed by atoms with Gasteiger partial charge >= 0.3 is 0 Å². The van der Waals surface area contributed by atoms with Crippen molar-refractivity contribution in [3.05, 3.63) is 58.1 Å². The summed E-state index contributed by atoms with van der Waals surface area (Å²) in [7, 11) is -2.36. The van der Waals surface area contributed by atoms with Gasteiger partial charge in [-0.05, 0) is 42.8 Å². The van der Waals surface area contributed by atoms with Crippen molar-refractivity contribution in [1.29, 1.82) is 0 Å². The molecule has 0 aliphatic carbocycles. The Balaban J connectivity index is 2.15. The summed E-state index contributed by atoms with van der Waals surface area (Å²) in [5.41, 5.74) is 0.574. The molecule has 0 fully saturated rings. The quantitative estimate of drug-likeness (QED) is 0.644. The van der Waals surface area contributed by atoms with Crippen LogP contribution in [0, 0.1) is 0 Å². The molecular formula is C17H18Cl2N2O4S. The second kappa shape index (κ2) is 9.23. The first kappa shape index (κ1) is 20.5. The molecule has 2 aromatic rings. The largest absolute Gasteiger partial charge is 0.385 e. The Morgan fingerprint density at radius 1 is 1.15 bits per heavy atom. The third-order valence-corrected chi connectivity index (χ3v) is 5.47. The molecule has 0 saturated carbocycles. The molecule has 0 radical (unpaired) electrons. The number of halogens is 2. The van der Waals surface area contributed by atoms with E-state index in [1.165, 1.54) is 30.3 Å². The van der Waals surface area contributed by atoms with Crippen LogP contribution >= 0.6 is 23.2 Å². The zero-order valence-electron chi connectivity index (χ0n) is 14.0. The highest BCUT2D eigenvalue weighted by atomic mass is 35.5. The lowest BCUT2D eigenvalue weighted by molar-refractivity contribution is 0.0948. The fourth-order valence-electron chi connectivity index (χ4n) is 2.14.